The number of aliphatic carboxylic acids is 1. The number of nitrogens with zero attached hydrogens (tertiary/aromatic N) is 2. The zero-order chi connectivity index (χ0) is 25.8. The molecule has 0 saturated carbocycles. The van der Waals surface area contributed by atoms with E-state index >= 15 is 0 Å². The Kier molecular flexibility index (Phi) is 8.14. The number of hydrogen-bond donors (Lipinski definition) is 3. The quantitative estimate of drug-likeness (QED) is 0.457. The van der Waals surface area contributed by atoms with Gasteiger partial charge in [0.15, 0.2) is 0 Å². The van der Waals surface area contributed by atoms with Gasteiger partial charge in [-0.05, 0) is 48.1 Å². The molecule has 0 aliphatic carbocycles. The fourth-order valence-corrected chi connectivity index (χ4v) is 5.22. The minimum atomic E-state index is -1.03. The number of carbonyl (C=O) groups is 2. The van der Waals surface area contributed by atoms with E-state index in [1.54, 1.807) is 36.9 Å². The fourth-order valence-electron chi connectivity index (χ4n) is 4.36. The molecule has 192 valence electrons. The standard InChI is InChI=1S/C25H28FN3O6S/c1-3-35-25(33)20-18(11-29-8-9-34-13-19(29)24(31)32)27-23(22-15(12-30)7-10-36-22)28-21(20)16-5-4-6-17(26)14(16)2/h4-7,10,19,21,30H,3,8-9,11-13H2,1-2H3,(H,27,28)(H,31,32)/t19-,21?/m0/s1. The Balaban J connectivity index is 1.87. The summed E-state index contributed by atoms with van der Waals surface area (Å²) in [6.45, 7) is 4.01. The van der Waals surface area contributed by atoms with Gasteiger partial charge in [0.05, 0.1) is 36.9 Å². The first-order chi connectivity index (χ1) is 17.3. The fraction of sp³-hybridized carbons (Fsp3) is 0.400. The van der Waals surface area contributed by atoms with Crippen molar-refractivity contribution >= 4 is 29.1 Å². The molecule has 36 heavy (non-hydrogen) atoms. The van der Waals surface area contributed by atoms with Gasteiger partial charge in [0, 0.05) is 18.8 Å². The van der Waals surface area contributed by atoms with Gasteiger partial charge >= 0.3 is 11.9 Å². The second-order valence-electron chi connectivity index (χ2n) is 8.40. The van der Waals surface area contributed by atoms with Crippen LogP contribution in [-0.4, -0.2) is 71.8 Å². The molecule has 1 fully saturated rings. The summed E-state index contributed by atoms with van der Waals surface area (Å²) < 4.78 is 25.3. The molecule has 0 spiro atoms. The summed E-state index contributed by atoms with van der Waals surface area (Å²) >= 11 is 1.36. The lowest BCUT2D eigenvalue weighted by molar-refractivity contribution is -0.149. The number of aliphatic imine (C=N–C) groups is 1. The molecule has 2 aromatic rings. The van der Waals surface area contributed by atoms with Crippen LogP contribution in [0.15, 0.2) is 45.9 Å². The number of esters is 1. The summed E-state index contributed by atoms with van der Waals surface area (Å²) in [5.74, 6) is -1.68. The zero-order valence-corrected chi connectivity index (χ0v) is 20.8. The zero-order valence-electron chi connectivity index (χ0n) is 20.0. The molecule has 4 rings (SSSR count). The van der Waals surface area contributed by atoms with E-state index in [-0.39, 0.29) is 31.9 Å². The van der Waals surface area contributed by atoms with Crippen LogP contribution in [0.2, 0.25) is 0 Å². The van der Waals surface area contributed by atoms with Gasteiger partial charge in [-0.1, -0.05) is 12.1 Å². The predicted molar refractivity (Wildman–Crippen MR) is 131 cm³/mol. The molecule has 0 bridgehead atoms. The second kappa shape index (κ2) is 11.3. The summed E-state index contributed by atoms with van der Waals surface area (Å²) in [5, 5.41) is 24.6. The first-order valence-electron chi connectivity index (χ1n) is 11.6. The van der Waals surface area contributed by atoms with Crippen molar-refractivity contribution in [3.63, 3.8) is 0 Å². The number of carbonyl (C=O) groups excluding carboxylic acids is 1. The molecular weight excluding hydrogens is 489 g/mol. The van der Waals surface area contributed by atoms with E-state index in [1.807, 2.05) is 5.38 Å². The van der Waals surface area contributed by atoms with E-state index in [9.17, 15) is 24.2 Å². The van der Waals surface area contributed by atoms with Gasteiger partial charge in [-0.25, -0.2) is 9.18 Å². The number of nitrogens with one attached hydrogen (secondary N) is 1. The van der Waals surface area contributed by atoms with Crippen molar-refractivity contribution in [1.29, 1.82) is 0 Å². The highest BCUT2D eigenvalue weighted by Crippen LogP contribution is 2.36. The predicted octanol–water partition coefficient (Wildman–Crippen LogP) is 2.38. The number of rotatable bonds is 8. The Morgan fingerprint density at radius 3 is 2.89 bits per heavy atom. The van der Waals surface area contributed by atoms with Crippen LogP contribution in [0.25, 0.3) is 0 Å². The third-order valence-electron chi connectivity index (χ3n) is 6.24. The Morgan fingerprint density at radius 1 is 1.36 bits per heavy atom. The number of thiophene rings is 1. The number of halogens is 1. The summed E-state index contributed by atoms with van der Waals surface area (Å²) in [5.41, 5.74) is 2.09. The van der Waals surface area contributed by atoms with Gasteiger partial charge < -0.3 is 25.0 Å². The number of hydrogen-bond acceptors (Lipinski definition) is 9. The van der Waals surface area contributed by atoms with Gasteiger partial charge in [0.1, 0.15) is 23.7 Å². The molecule has 1 aromatic carbocycles. The van der Waals surface area contributed by atoms with E-state index in [4.69, 9.17) is 14.5 Å². The van der Waals surface area contributed by atoms with Crippen molar-refractivity contribution in [2.24, 2.45) is 4.99 Å². The maximum absolute atomic E-state index is 14.6. The third kappa shape index (κ3) is 5.19. The van der Waals surface area contributed by atoms with Crippen LogP contribution in [-0.2, 0) is 25.7 Å². The average molecular weight is 518 g/mol. The molecule has 2 aliphatic rings. The number of aliphatic hydroxyl groups excluding tert-OH is 1. The normalized spacial score (nSPS) is 20.6. The highest BCUT2D eigenvalue weighted by Gasteiger charge is 2.37. The molecule has 1 aromatic heterocycles. The van der Waals surface area contributed by atoms with Gasteiger partial charge in [0.25, 0.3) is 0 Å². The van der Waals surface area contributed by atoms with Crippen molar-refractivity contribution in [3.05, 3.63) is 68.3 Å². The van der Waals surface area contributed by atoms with Crippen LogP contribution in [0.1, 0.15) is 34.5 Å². The minimum Gasteiger partial charge on any atom is -0.480 e. The highest BCUT2D eigenvalue weighted by atomic mass is 32.1. The molecule has 0 radical (unpaired) electrons. The van der Waals surface area contributed by atoms with E-state index in [0.717, 1.165) is 0 Å². The molecule has 1 unspecified atom stereocenters. The van der Waals surface area contributed by atoms with E-state index in [0.29, 0.717) is 46.3 Å². The number of morpholine rings is 1. The van der Waals surface area contributed by atoms with Gasteiger partial charge in [-0.15, -0.1) is 11.3 Å². The molecule has 0 amide bonds. The van der Waals surface area contributed by atoms with Gasteiger partial charge in [0.2, 0.25) is 0 Å². The molecule has 3 N–H and O–H groups in total. The second-order valence-corrected chi connectivity index (χ2v) is 9.32. The average Bonchev–Trinajstić information content (AvgIpc) is 3.34. The van der Waals surface area contributed by atoms with Crippen molar-refractivity contribution in [1.82, 2.24) is 10.2 Å². The smallest absolute Gasteiger partial charge is 0.338 e. The Hall–Kier alpha value is -3.12. The largest absolute Gasteiger partial charge is 0.480 e. The van der Waals surface area contributed by atoms with E-state index < -0.39 is 29.8 Å². The number of carboxylic acids is 1. The lowest BCUT2D eigenvalue weighted by Gasteiger charge is -2.36. The number of benzene rings is 1. The summed E-state index contributed by atoms with van der Waals surface area (Å²) in [6, 6.07) is 4.59. The molecule has 2 atom stereocenters. The summed E-state index contributed by atoms with van der Waals surface area (Å²) in [4.78, 5) is 32.4. The summed E-state index contributed by atoms with van der Waals surface area (Å²) in [6.07, 6.45) is 0. The number of carboxylic acid groups (broad SMARTS) is 1. The Labute approximate surface area is 211 Å². The van der Waals surface area contributed by atoms with Crippen molar-refractivity contribution in [2.75, 3.05) is 32.9 Å². The molecule has 11 heteroatoms. The van der Waals surface area contributed by atoms with Crippen LogP contribution < -0.4 is 5.32 Å². The summed E-state index contributed by atoms with van der Waals surface area (Å²) in [7, 11) is 0. The van der Waals surface area contributed by atoms with E-state index in [1.165, 1.54) is 17.4 Å². The first-order valence-corrected chi connectivity index (χ1v) is 12.5. The molecular formula is C25H28FN3O6S. The van der Waals surface area contributed by atoms with Crippen molar-refractivity contribution in [2.45, 2.75) is 32.5 Å². The lowest BCUT2D eigenvalue weighted by Crippen LogP contribution is -2.52. The van der Waals surface area contributed by atoms with Crippen LogP contribution >= 0.6 is 11.3 Å². The van der Waals surface area contributed by atoms with Crippen LogP contribution in [0.5, 0.6) is 0 Å². The number of ether oxygens (including phenoxy) is 2. The Morgan fingerprint density at radius 2 is 2.17 bits per heavy atom. The van der Waals surface area contributed by atoms with Crippen molar-refractivity contribution in [3.8, 4) is 0 Å². The molecule has 1 saturated heterocycles. The molecule has 3 heterocycles. The first kappa shape index (κ1) is 26.0. The lowest BCUT2D eigenvalue weighted by atomic mass is 9.91. The third-order valence-corrected chi connectivity index (χ3v) is 7.21. The molecule has 2 aliphatic heterocycles. The number of amidine groups is 1. The highest BCUT2D eigenvalue weighted by molar-refractivity contribution is 7.12. The van der Waals surface area contributed by atoms with Gasteiger partial charge in [-0.3, -0.25) is 14.7 Å². The topological polar surface area (TPSA) is 121 Å². The maximum Gasteiger partial charge on any atom is 0.338 e. The van der Waals surface area contributed by atoms with E-state index in [2.05, 4.69) is 5.32 Å². The Bertz CT molecular complexity index is 1210. The molecule has 9 nitrogen and oxygen atoms in total. The monoisotopic (exact) mass is 517 g/mol. The van der Waals surface area contributed by atoms with Crippen LogP contribution in [0.4, 0.5) is 4.39 Å². The van der Waals surface area contributed by atoms with Crippen molar-refractivity contribution < 1.29 is 33.7 Å². The SMILES string of the molecule is CCOC(=O)C1=C(CN2CCOC[C@H]2C(=O)O)NC(c2sccc2CO)=NC1c1cccc(F)c1C. The number of aliphatic hydroxyl groups is 1. The van der Waals surface area contributed by atoms with Gasteiger partial charge in [-0.2, -0.15) is 0 Å². The minimum absolute atomic E-state index is 0.0182. The maximum atomic E-state index is 14.6. The van der Waals surface area contributed by atoms with Crippen LogP contribution in [0.3, 0.4) is 0 Å². The van der Waals surface area contributed by atoms with Crippen LogP contribution in [0, 0.1) is 12.7 Å².